The fourth-order valence-electron chi connectivity index (χ4n) is 2.66. The number of hydrogen-bond donors (Lipinski definition) is 0. The predicted molar refractivity (Wildman–Crippen MR) is 66.4 cm³/mol. The molecule has 0 N–H and O–H groups in total. The Bertz CT molecular complexity index is 375. The Balaban J connectivity index is 2.30. The van der Waals surface area contributed by atoms with Crippen LogP contribution in [0, 0.1) is 5.41 Å². The average molecular weight is 238 g/mol. The maximum atomic E-state index is 12.6. The lowest BCUT2D eigenvalue weighted by atomic mass is 9.78. The molecule has 88 valence electrons. The molecule has 1 aliphatic rings. The first-order chi connectivity index (χ1) is 7.73. The van der Waals surface area contributed by atoms with Gasteiger partial charge in [-0.1, -0.05) is 19.8 Å². The second kappa shape index (κ2) is 4.58. The minimum atomic E-state index is -0.0991. The fourth-order valence-corrected chi connectivity index (χ4v) is 3.58. The molecule has 0 unspecified atom stereocenters. The van der Waals surface area contributed by atoms with Crippen molar-refractivity contribution in [2.45, 2.75) is 39.0 Å². The molecule has 0 amide bonds. The second-order valence-corrected chi connectivity index (χ2v) is 5.40. The minimum absolute atomic E-state index is 0.0991. The van der Waals surface area contributed by atoms with Gasteiger partial charge in [0.2, 0.25) is 0 Å². The van der Waals surface area contributed by atoms with Gasteiger partial charge in [0.15, 0.2) is 5.78 Å². The summed E-state index contributed by atoms with van der Waals surface area (Å²) in [6.45, 7) is 2.13. The average Bonchev–Trinajstić information content (AvgIpc) is 2.97. The van der Waals surface area contributed by atoms with Crippen LogP contribution in [0.3, 0.4) is 0 Å². The second-order valence-electron chi connectivity index (χ2n) is 4.49. The number of ether oxygens (including phenoxy) is 1. The highest BCUT2D eigenvalue weighted by atomic mass is 32.1. The lowest BCUT2D eigenvalue weighted by molar-refractivity contribution is 0.0793. The van der Waals surface area contributed by atoms with E-state index in [1.54, 1.807) is 7.11 Å². The van der Waals surface area contributed by atoms with Crippen molar-refractivity contribution in [2.75, 3.05) is 7.11 Å². The Hall–Kier alpha value is -0.830. The third-order valence-electron chi connectivity index (χ3n) is 3.77. The number of Topliss-reactive ketones (excluding diaryl/α,β-unsaturated/α-hetero) is 1. The maximum absolute atomic E-state index is 12.6. The normalized spacial score (nSPS) is 18.6. The van der Waals surface area contributed by atoms with E-state index in [1.165, 1.54) is 24.2 Å². The number of methoxy groups -OCH3 is 1. The van der Waals surface area contributed by atoms with Gasteiger partial charge in [-0.05, 0) is 30.7 Å². The quantitative estimate of drug-likeness (QED) is 0.743. The van der Waals surface area contributed by atoms with E-state index in [-0.39, 0.29) is 5.41 Å². The molecule has 0 spiro atoms. The zero-order chi connectivity index (χ0) is 11.6. The maximum Gasteiger partial charge on any atom is 0.182 e. The molecule has 0 atom stereocenters. The SMILES string of the molecule is CCC1(C(=O)c2sccc2OC)CCCC1. The van der Waals surface area contributed by atoms with Crippen LogP contribution in [0.2, 0.25) is 0 Å². The number of rotatable bonds is 4. The van der Waals surface area contributed by atoms with E-state index in [2.05, 4.69) is 6.92 Å². The topological polar surface area (TPSA) is 26.3 Å². The van der Waals surface area contributed by atoms with E-state index in [0.29, 0.717) is 5.78 Å². The van der Waals surface area contributed by atoms with Gasteiger partial charge >= 0.3 is 0 Å². The molecule has 16 heavy (non-hydrogen) atoms. The highest BCUT2D eigenvalue weighted by Gasteiger charge is 2.41. The summed E-state index contributed by atoms with van der Waals surface area (Å²) >= 11 is 1.51. The number of thiophene rings is 1. The molecule has 1 aliphatic carbocycles. The Kier molecular flexibility index (Phi) is 3.33. The summed E-state index contributed by atoms with van der Waals surface area (Å²) < 4.78 is 5.25. The van der Waals surface area contributed by atoms with E-state index in [9.17, 15) is 4.79 Å². The van der Waals surface area contributed by atoms with Crippen LogP contribution in [0.4, 0.5) is 0 Å². The molecule has 1 aromatic heterocycles. The van der Waals surface area contributed by atoms with E-state index in [4.69, 9.17) is 4.74 Å². The summed E-state index contributed by atoms with van der Waals surface area (Å²) in [7, 11) is 1.63. The van der Waals surface area contributed by atoms with E-state index in [0.717, 1.165) is 29.9 Å². The van der Waals surface area contributed by atoms with Crippen molar-refractivity contribution in [3.05, 3.63) is 16.3 Å². The Morgan fingerprint density at radius 1 is 1.50 bits per heavy atom. The van der Waals surface area contributed by atoms with Crippen LogP contribution in [-0.2, 0) is 0 Å². The molecule has 0 saturated heterocycles. The first kappa shape index (κ1) is 11.6. The van der Waals surface area contributed by atoms with Crippen LogP contribution >= 0.6 is 11.3 Å². The molecule has 0 aromatic carbocycles. The third-order valence-corrected chi connectivity index (χ3v) is 4.67. The van der Waals surface area contributed by atoms with Crippen molar-refractivity contribution in [1.29, 1.82) is 0 Å². The third kappa shape index (κ3) is 1.77. The minimum Gasteiger partial charge on any atom is -0.495 e. The summed E-state index contributed by atoms with van der Waals surface area (Å²) in [5.41, 5.74) is -0.0991. The summed E-state index contributed by atoms with van der Waals surface area (Å²) in [4.78, 5) is 13.4. The van der Waals surface area contributed by atoms with Crippen LogP contribution < -0.4 is 4.74 Å². The molecule has 0 bridgehead atoms. The lowest BCUT2D eigenvalue weighted by Gasteiger charge is -2.25. The van der Waals surface area contributed by atoms with E-state index in [1.807, 2.05) is 11.4 Å². The van der Waals surface area contributed by atoms with Crippen LogP contribution in [0.25, 0.3) is 0 Å². The first-order valence-electron chi connectivity index (χ1n) is 5.90. The van der Waals surface area contributed by atoms with Gasteiger partial charge in [-0.3, -0.25) is 4.79 Å². The predicted octanol–water partition coefficient (Wildman–Crippen LogP) is 3.91. The van der Waals surface area contributed by atoms with Crippen LogP contribution in [0.5, 0.6) is 5.75 Å². The standard InChI is InChI=1S/C13H18O2S/c1-3-13(7-4-5-8-13)12(14)11-10(15-2)6-9-16-11/h6,9H,3-5,7-8H2,1-2H3. The lowest BCUT2D eigenvalue weighted by Crippen LogP contribution is -2.26. The smallest absolute Gasteiger partial charge is 0.182 e. The van der Waals surface area contributed by atoms with Gasteiger partial charge in [-0.2, -0.15) is 0 Å². The summed E-state index contributed by atoms with van der Waals surface area (Å²) in [6.07, 6.45) is 5.42. The molecule has 1 saturated carbocycles. The number of carbonyl (C=O) groups is 1. The van der Waals surface area contributed by atoms with Crippen LogP contribution in [-0.4, -0.2) is 12.9 Å². The molecule has 2 nitrogen and oxygen atoms in total. The summed E-state index contributed by atoms with van der Waals surface area (Å²) in [5, 5.41) is 1.93. The van der Waals surface area contributed by atoms with Gasteiger partial charge in [0.25, 0.3) is 0 Å². The Morgan fingerprint density at radius 2 is 2.19 bits per heavy atom. The van der Waals surface area contributed by atoms with Crippen molar-refractivity contribution in [2.24, 2.45) is 5.41 Å². The van der Waals surface area contributed by atoms with Gasteiger partial charge in [-0.15, -0.1) is 11.3 Å². The van der Waals surface area contributed by atoms with Gasteiger partial charge < -0.3 is 4.74 Å². The number of carbonyl (C=O) groups excluding carboxylic acids is 1. The molecule has 0 aliphatic heterocycles. The summed E-state index contributed by atoms with van der Waals surface area (Å²) in [6, 6.07) is 1.89. The van der Waals surface area contributed by atoms with E-state index >= 15 is 0 Å². The van der Waals surface area contributed by atoms with Crippen molar-refractivity contribution in [3.8, 4) is 5.75 Å². The van der Waals surface area contributed by atoms with Crippen LogP contribution in [0.1, 0.15) is 48.7 Å². The molecule has 0 radical (unpaired) electrons. The van der Waals surface area contributed by atoms with Gasteiger partial charge in [-0.25, -0.2) is 0 Å². The molecule has 1 heterocycles. The largest absolute Gasteiger partial charge is 0.495 e. The number of hydrogen-bond acceptors (Lipinski definition) is 3. The Labute approximate surface area is 101 Å². The molecule has 1 fully saturated rings. The van der Waals surface area contributed by atoms with Crippen molar-refractivity contribution >= 4 is 17.1 Å². The molecular formula is C13H18O2S. The molecular weight excluding hydrogens is 220 g/mol. The zero-order valence-corrected chi connectivity index (χ0v) is 10.7. The zero-order valence-electron chi connectivity index (χ0n) is 9.91. The fraction of sp³-hybridized carbons (Fsp3) is 0.615. The monoisotopic (exact) mass is 238 g/mol. The Morgan fingerprint density at radius 3 is 2.75 bits per heavy atom. The molecule has 2 rings (SSSR count). The van der Waals surface area contributed by atoms with E-state index < -0.39 is 0 Å². The molecule has 1 aromatic rings. The van der Waals surface area contributed by atoms with Crippen molar-refractivity contribution in [1.82, 2.24) is 0 Å². The van der Waals surface area contributed by atoms with Crippen molar-refractivity contribution in [3.63, 3.8) is 0 Å². The highest BCUT2D eigenvalue weighted by molar-refractivity contribution is 7.12. The van der Waals surface area contributed by atoms with Gasteiger partial charge in [0, 0.05) is 5.41 Å². The van der Waals surface area contributed by atoms with Crippen molar-refractivity contribution < 1.29 is 9.53 Å². The highest BCUT2D eigenvalue weighted by Crippen LogP contribution is 2.45. The van der Waals surface area contributed by atoms with Crippen LogP contribution in [0.15, 0.2) is 11.4 Å². The van der Waals surface area contributed by atoms with Gasteiger partial charge in [0.1, 0.15) is 10.6 Å². The first-order valence-corrected chi connectivity index (χ1v) is 6.78. The summed E-state index contributed by atoms with van der Waals surface area (Å²) in [5.74, 6) is 1.05. The molecule has 3 heteroatoms. The number of ketones is 1. The van der Waals surface area contributed by atoms with Gasteiger partial charge in [0.05, 0.1) is 7.11 Å².